The topological polar surface area (TPSA) is 109 Å². The molecular weight excluding hydrogens is 484 g/mol. The monoisotopic (exact) mass is 514 g/mol. The van der Waals surface area contributed by atoms with Crippen LogP contribution < -0.4 is 20.3 Å². The zero-order chi connectivity index (χ0) is 25.7. The van der Waals surface area contributed by atoms with Crippen LogP contribution in [-0.2, 0) is 9.53 Å². The van der Waals surface area contributed by atoms with Crippen molar-refractivity contribution in [1.29, 1.82) is 0 Å². The Hall–Kier alpha value is -3.37. The maximum Gasteiger partial charge on any atom is 0.338 e. The Labute approximate surface area is 215 Å². The number of piperazine rings is 1. The van der Waals surface area contributed by atoms with E-state index in [0.29, 0.717) is 23.0 Å². The summed E-state index contributed by atoms with van der Waals surface area (Å²) in [4.78, 5) is 30.0. The zero-order valence-corrected chi connectivity index (χ0v) is 21.4. The number of nitrogens with zero attached hydrogens (tertiary/aromatic N) is 4. The minimum absolute atomic E-state index is 0.0447. The van der Waals surface area contributed by atoms with Crippen molar-refractivity contribution >= 4 is 29.4 Å². The molecule has 2 aliphatic rings. The number of hydrogen-bond donors (Lipinski definition) is 2. The van der Waals surface area contributed by atoms with Gasteiger partial charge in [0.15, 0.2) is 11.0 Å². The minimum Gasteiger partial charge on any atom is -0.491 e. The maximum absolute atomic E-state index is 13.1. The highest BCUT2D eigenvalue weighted by Crippen LogP contribution is 2.30. The molecule has 3 heterocycles. The first-order valence-electron chi connectivity index (χ1n) is 12.0. The largest absolute Gasteiger partial charge is 0.491 e. The van der Waals surface area contributed by atoms with Crippen LogP contribution in [-0.4, -0.2) is 72.5 Å². The summed E-state index contributed by atoms with van der Waals surface area (Å²) in [5.74, 6) is 1.03. The van der Waals surface area contributed by atoms with Gasteiger partial charge in [-0.2, -0.15) is 0 Å². The Kier molecular flexibility index (Phi) is 8.27. The fraction of sp³-hybridized carbons (Fsp3) is 0.440. The van der Waals surface area contributed by atoms with E-state index in [0.717, 1.165) is 43.3 Å². The first-order chi connectivity index (χ1) is 17.3. The molecule has 0 unspecified atom stereocenters. The third-order valence-electron chi connectivity index (χ3n) is 5.93. The Balaban J connectivity index is 1.54. The number of anilines is 1. The average Bonchev–Trinajstić information content (AvgIpc) is 2.85. The van der Waals surface area contributed by atoms with Gasteiger partial charge in [0.05, 0.1) is 24.3 Å². The highest BCUT2D eigenvalue weighted by molar-refractivity contribution is 6.29. The molecule has 0 aliphatic carbocycles. The highest BCUT2D eigenvalue weighted by atomic mass is 35.5. The SMILES string of the molecule is CCOC(=O)C1=C(CN2CCN(c3ccc(Cl)nn3)CC2)NC(=O)N[C@@H]1c1ccc(OC(C)C)cc1. The lowest BCUT2D eigenvalue weighted by atomic mass is 9.94. The van der Waals surface area contributed by atoms with Crippen LogP contribution in [0.25, 0.3) is 0 Å². The molecule has 1 saturated heterocycles. The van der Waals surface area contributed by atoms with Gasteiger partial charge in [0.1, 0.15) is 5.75 Å². The fourth-order valence-electron chi connectivity index (χ4n) is 4.29. The van der Waals surface area contributed by atoms with E-state index in [4.69, 9.17) is 21.1 Å². The molecule has 11 heteroatoms. The van der Waals surface area contributed by atoms with E-state index < -0.39 is 12.0 Å². The van der Waals surface area contributed by atoms with E-state index in [1.165, 1.54) is 0 Å². The second-order valence-corrected chi connectivity index (χ2v) is 9.24. The second-order valence-electron chi connectivity index (χ2n) is 8.86. The molecular formula is C25H31ClN6O4. The summed E-state index contributed by atoms with van der Waals surface area (Å²) >= 11 is 5.85. The van der Waals surface area contributed by atoms with E-state index in [1.807, 2.05) is 44.2 Å². The number of nitrogens with one attached hydrogen (secondary N) is 2. The van der Waals surface area contributed by atoms with Crippen LogP contribution in [0.15, 0.2) is 47.7 Å². The average molecular weight is 515 g/mol. The number of aromatic nitrogens is 2. The molecule has 0 saturated carbocycles. The van der Waals surface area contributed by atoms with Gasteiger partial charge >= 0.3 is 12.0 Å². The van der Waals surface area contributed by atoms with Gasteiger partial charge in [-0.05, 0) is 50.6 Å². The third kappa shape index (κ3) is 6.24. The summed E-state index contributed by atoms with van der Waals surface area (Å²) < 4.78 is 11.1. The van der Waals surface area contributed by atoms with Crippen LogP contribution in [0, 0.1) is 0 Å². The normalized spacial score (nSPS) is 18.6. The number of halogens is 1. The molecule has 1 aromatic heterocycles. The Morgan fingerprint density at radius 1 is 1.11 bits per heavy atom. The molecule has 2 N–H and O–H groups in total. The molecule has 4 rings (SSSR count). The van der Waals surface area contributed by atoms with E-state index >= 15 is 0 Å². The predicted octanol–water partition coefficient (Wildman–Crippen LogP) is 2.91. The summed E-state index contributed by atoms with van der Waals surface area (Å²) in [5.41, 5.74) is 1.72. The number of amides is 2. The van der Waals surface area contributed by atoms with Crippen molar-refractivity contribution in [3.63, 3.8) is 0 Å². The molecule has 10 nitrogen and oxygen atoms in total. The summed E-state index contributed by atoms with van der Waals surface area (Å²) in [5, 5.41) is 14.2. The molecule has 1 fully saturated rings. The van der Waals surface area contributed by atoms with Crippen molar-refractivity contribution in [2.45, 2.75) is 32.9 Å². The Morgan fingerprint density at radius 3 is 2.44 bits per heavy atom. The van der Waals surface area contributed by atoms with Crippen LogP contribution in [0.4, 0.5) is 10.6 Å². The lowest BCUT2D eigenvalue weighted by molar-refractivity contribution is -0.139. The van der Waals surface area contributed by atoms with Gasteiger partial charge in [-0.1, -0.05) is 23.7 Å². The maximum atomic E-state index is 13.1. The smallest absolute Gasteiger partial charge is 0.338 e. The fourth-order valence-corrected chi connectivity index (χ4v) is 4.39. The molecule has 192 valence electrons. The summed E-state index contributed by atoms with van der Waals surface area (Å²) in [7, 11) is 0. The van der Waals surface area contributed by atoms with Crippen molar-refractivity contribution in [3.8, 4) is 5.75 Å². The van der Waals surface area contributed by atoms with E-state index in [9.17, 15) is 9.59 Å². The van der Waals surface area contributed by atoms with E-state index in [1.54, 1.807) is 13.0 Å². The molecule has 0 spiro atoms. The van der Waals surface area contributed by atoms with Gasteiger partial charge in [-0.25, -0.2) is 9.59 Å². The van der Waals surface area contributed by atoms with Crippen molar-refractivity contribution < 1.29 is 19.1 Å². The quantitative estimate of drug-likeness (QED) is 0.518. The molecule has 1 atom stereocenters. The number of rotatable bonds is 8. The van der Waals surface area contributed by atoms with Gasteiger partial charge in [-0.3, -0.25) is 4.90 Å². The summed E-state index contributed by atoms with van der Waals surface area (Å²) in [6.07, 6.45) is 0.0447. The first kappa shape index (κ1) is 25.7. The Bertz CT molecular complexity index is 1100. The van der Waals surface area contributed by atoms with Crippen molar-refractivity contribution in [2.24, 2.45) is 0 Å². The number of carbonyl (C=O) groups is 2. The van der Waals surface area contributed by atoms with E-state index in [2.05, 4.69) is 30.6 Å². The van der Waals surface area contributed by atoms with Gasteiger partial charge in [-0.15, -0.1) is 10.2 Å². The van der Waals surface area contributed by atoms with Gasteiger partial charge < -0.3 is 25.0 Å². The highest BCUT2D eigenvalue weighted by Gasteiger charge is 2.34. The van der Waals surface area contributed by atoms with Gasteiger partial charge in [0, 0.05) is 38.4 Å². The van der Waals surface area contributed by atoms with Gasteiger partial charge in [0.25, 0.3) is 0 Å². The summed E-state index contributed by atoms with van der Waals surface area (Å²) in [6.45, 7) is 9.22. The number of urea groups is 1. The van der Waals surface area contributed by atoms with Crippen molar-refractivity contribution in [2.75, 3.05) is 44.2 Å². The lowest BCUT2D eigenvalue weighted by Crippen LogP contribution is -2.52. The number of benzene rings is 1. The first-order valence-corrected chi connectivity index (χ1v) is 12.4. The molecule has 1 aromatic carbocycles. The van der Waals surface area contributed by atoms with Crippen LogP contribution in [0.2, 0.25) is 5.15 Å². The van der Waals surface area contributed by atoms with Crippen molar-refractivity contribution in [3.05, 3.63) is 58.4 Å². The number of hydrogen-bond acceptors (Lipinski definition) is 8. The molecule has 36 heavy (non-hydrogen) atoms. The molecule has 0 bridgehead atoms. The van der Waals surface area contributed by atoms with E-state index in [-0.39, 0.29) is 18.7 Å². The van der Waals surface area contributed by atoms with Crippen LogP contribution >= 0.6 is 11.6 Å². The number of carbonyl (C=O) groups excluding carboxylic acids is 2. The van der Waals surface area contributed by atoms with Crippen molar-refractivity contribution in [1.82, 2.24) is 25.7 Å². The number of ether oxygens (including phenoxy) is 2. The van der Waals surface area contributed by atoms with Gasteiger partial charge in [0.2, 0.25) is 0 Å². The standard InChI is InChI=1S/C25H31ClN6O4/c1-4-35-24(33)22-19(15-31-11-13-32(14-12-31)21-10-9-20(26)29-30-21)27-25(34)28-23(22)17-5-7-18(8-6-17)36-16(2)3/h5-10,16,23H,4,11-15H2,1-3H3,(H2,27,28,34)/t23-/m1/s1. The van der Waals surface area contributed by atoms with Crippen LogP contribution in [0.3, 0.4) is 0 Å². The lowest BCUT2D eigenvalue weighted by Gasteiger charge is -2.37. The molecule has 0 radical (unpaired) electrons. The molecule has 2 aromatic rings. The third-order valence-corrected chi connectivity index (χ3v) is 6.13. The minimum atomic E-state index is -0.633. The Morgan fingerprint density at radius 2 is 1.83 bits per heavy atom. The van der Waals surface area contributed by atoms with Crippen LogP contribution in [0.5, 0.6) is 5.75 Å². The molecule has 2 aliphatic heterocycles. The number of esters is 1. The molecule has 2 amide bonds. The summed E-state index contributed by atoms with van der Waals surface area (Å²) in [6, 6.07) is 9.97. The predicted molar refractivity (Wildman–Crippen MR) is 136 cm³/mol. The second kappa shape index (κ2) is 11.6. The zero-order valence-electron chi connectivity index (χ0n) is 20.7. The van der Waals surface area contributed by atoms with Crippen LogP contribution in [0.1, 0.15) is 32.4 Å².